The number of non-ortho nitro benzene ring substituents is 1. The molecule has 0 spiro atoms. The predicted molar refractivity (Wildman–Crippen MR) is 125 cm³/mol. The molecule has 3 rings (SSSR count). The van der Waals surface area contributed by atoms with Crippen molar-refractivity contribution in [2.24, 2.45) is 0 Å². The van der Waals surface area contributed by atoms with Crippen LogP contribution in [-0.2, 0) is 19.6 Å². The average Bonchev–Trinajstić information content (AvgIpc) is 2.83. The SMILES string of the molecule is O=C(CN(c1cccc([N+](=O)[O-])c1)S(=O)(=O)c1ccccc1)NCCCOC1CCCCC1. The maximum Gasteiger partial charge on any atom is 0.271 e. The van der Waals surface area contributed by atoms with E-state index in [9.17, 15) is 23.3 Å². The number of nitrogens with zero attached hydrogens (tertiary/aromatic N) is 2. The molecule has 2 aromatic carbocycles. The van der Waals surface area contributed by atoms with Gasteiger partial charge in [0, 0.05) is 25.3 Å². The van der Waals surface area contributed by atoms with Gasteiger partial charge in [0.05, 0.1) is 21.6 Å². The molecule has 10 heteroatoms. The number of carbonyl (C=O) groups is 1. The Bertz CT molecular complexity index is 1040. The Morgan fingerprint density at radius 2 is 1.82 bits per heavy atom. The van der Waals surface area contributed by atoms with E-state index in [4.69, 9.17) is 4.74 Å². The summed E-state index contributed by atoms with van der Waals surface area (Å²) >= 11 is 0. The van der Waals surface area contributed by atoms with Crippen LogP contribution in [0, 0.1) is 10.1 Å². The molecule has 0 radical (unpaired) electrons. The number of nitro benzene ring substituents is 1. The van der Waals surface area contributed by atoms with Crippen LogP contribution in [0.5, 0.6) is 0 Å². The minimum absolute atomic E-state index is 0.00909. The Morgan fingerprint density at radius 3 is 2.52 bits per heavy atom. The van der Waals surface area contributed by atoms with Crippen LogP contribution in [-0.4, -0.2) is 45.0 Å². The summed E-state index contributed by atoms with van der Waals surface area (Å²) in [6.45, 7) is 0.378. The number of ether oxygens (including phenoxy) is 1. The summed E-state index contributed by atoms with van der Waals surface area (Å²) in [6, 6.07) is 12.9. The van der Waals surface area contributed by atoms with E-state index in [1.54, 1.807) is 18.2 Å². The van der Waals surface area contributed by atoms with E-state index in [2.05, 4.69) is 5.32 Å². The van der Waals surface area contributed by atoms with E-state index in [0.717, 1.165) is 23.2 Å². The first-order valence-electron chi connectivity index (χ1n) is 11.1. The fourth-order valence-corrected chi connectivity index (χ4v) is 5.20. The van der Waals surface area contributed by atoms with Gasteiger partial charge in [0.1, 0.15) is 6.54 Å². The van der Waals surface area contributed by atoms with Gasteiger partial charge in [-0.05, 0) is 37.5 Å². The molecule has 0 aliphatic heterocycles. The summed E-state index contributed by atoms with van der Waals surface area (Å²) in [4.78, 5) is 23.2. The van der Waals surface area contributed by atoms with Crippen molar-refractivity contribution in [1.29, 1.82) is 0 Å². The number of hydrogen-bond acceptors (Lipinski definition) is 6. The number of nitrogens with one attached hydrogen (secondary N) is 1. The lowest BCUT2D eigenvalue weighted by molar-refractivity contribution is -0.384. The second-order valence-electron chi connectivity index (χ2n) is 7.94. The number of anilines is 1. The zero-order valence-corrected chi connectivity index (χ0v) is 19.2. The average molecular weight is 476 g/mol. The maximum absolute atomic E-state index is 13.3. The molecule has 33 heavy (non-hydrogen) atoms. The molecule has 178 valence electrons. The van der Waals surface area contributed by atoms with Crippen molar-refractivity contribution in [2.45, 2.75) is 49.5 Å². The van der Waals surface area contributed by atoms with Crippen LogP contribution >= 0.6 is 0 Å². The van der Waals surface area contributed by atoms with Crippen molar-refractivity contribution >= 4 is 27.3 Å². The van der Waals surface area contributed by atoms with E-state index in [-0.39, 0.29) is 22.4 Å². The molecule has 1 fully saturated rings. The zero-order valence-electron chi connectivity index (χ0n) is 18.4. The second kappa shape index (κ2) is 11.8. The molecule has 1 aliphatic carbocycles. The van der Waals surface area contributed by atoms with Gasteiger partial charge in [-0.25, -0.2) is 8.42 Å². The summed E-state index contributed by atoms with van der Waals surface area (Å²) in [5.74, 6) is -0.501. The molecule has 2 aromatic rings. The monoisotopic (exact) mass is 475 g/mol. The molecule has 0 aromatic heterocycles. The molecule has 1 amide bonds. The van der Waals surface area contributed by atoms with Gasteiger partial charge in [-0.15, -0.1) is 0 Å². The molecule has 0 bridgehead atoms. The maximum atomic E-state index is 13.3. The first-order chi connectivity index (χ1) is 15.9. The Hall–Kier alpha value is -2.98. The van der Waals surface area contributed by atoms with E-state index in [1.165, 1.54) is 49.6 Å². The van der Waals surface area contributed by atoms with Gasteiger partial charge in [0.25, 0.3) is 15.7 Å². The molecule has 0 saturated heterocycles. The number of rotatable bonds is 11. The minimum Gasteiger partial charge on any atom is -0.378 e. The highest BCUT2D eigenvalue weighted by Gasteiger charge is 2.28. The molecule has 1 N–H and O–H groups in total. The third-order valence-corrected chi connectivity index (χ3v) is 7.28. The highest BCUT2D eigenvalue weighted by molar-refractivity contribution is 7.92. The summed E-state index contributed by atoms with van der Waals surface area (Å²) in [6.07, 6.45) is 6.67. The summed E-state index contributed by atoms with van der Waals surface area (Å²) in [5.41, 5.74) is -0.218. The number of hydrogen-bond donors (Lipinski definition) is 1. The highest BCUT2D eigenvalue weighted by atomic mass is 32.2. The first-order valence-corrected chi connectivity index (χ1v) is 12.5. The van der Waals surface area contributed by atoms with Crippen molar-refractivity contribution in [2.75, 3.05) is 24.0 Å². The smallest absolute Gasteiger partial charge is 0.271 e. The van der Waals surface area contributed by atoms with Crippen molar-refractivity contribution in [1.82, 2.24) is 5.32 Å². The van der Waals surface area contributed by atoms with Crippen molar-refractivity contribution in [3.63, 3.8) is 0 Å². The van der Waals surface area contributed by atoms with Crippen LogP contribution in [0.2, 0.25) is 0 Å². The number of nitro groups is 1. The van der Waals surface area contributed by atoms with Gasteiger partial charge in [-0.1, -0.05) is 43.5 Å². The molecule has 1 saturated carbocycles. The van der Waals surface area contributed by atoms with E-state index in [0.29, 0.717) is 19.6 Å². The minimum atomic E-state index is -4.12. The van der Waals surface area contributed by atoms with Crippen LogP contribution in [0.4, 0.5) is 11.4 Å². The summed E-state index contributed by atoms with van der Waals surface area (Å²) in [7, 11) is -4.12. The molecular weight excluding hydrogens is 446 g/mol. The molecule has 0 atom stereocenters. The molecular formula is C23H29N3O6S. The van der Waals surface area contributed by atoms with Crippen LogP contribution in [0.25, 0.3) is 0 Å². The first kappa shape index (κ1) is 24.7. The molecule has 1 aliphatic rings. The highest BCUT2D eigenvalue weighted by Crippen LogP contribution is 2.27. The standard InChI is InChI=1S/C23H29N3O6S/c27-23(24-15-8-16-32-21-11-3-1-4-12-21)18-25(19-9-7-10-20(17-19)26(28)29)33(30,31)22-13-5-2-6-14-22/h2,5-7,9-10,13-14,17,21H,1,3-4,8,11-12,15-16,18H2,(H,24,27). The second-order valence-corrected chi connectivity index (χ2v) is 9.80. The van der Waals surface area contributed by atoms with Crippen molar-refractivity contribution in [3.8, 4) is 0 Å². The summed E-state index contributed by atoms with van der Waals surface area (Å²) in [5, 5.41) is 13.9. The normalized spacial score (nSPS) is 14.5. The zero-order chi connectivity index (χ0) is 23.7. The van der Waals surface area contributed by atoms with Crippen LogP contribution in [0.1, 0.15) is 38.5 Å². The van der Waals surface area contributed by atoms with Gasteiger partial charge in [0.2, 0.25) is 5.91 Å². The van der Waals surface area contributed by atoms with Crippen LogP contribution in [0.3, 0.4) is 0 Å². The predicted octanol–water partition coefficient (Wildman–Crippen LogP) is 3.65. The van der Waals surface area contributed by atoms with Crippen molar-refractivity contribution in [3.05, 3.63) is 64.7 Å². The van der Waals surface area contributed by atoms with E-state index >= 15 is 0 Å². The van der Waals surface area contributed by atoms with E-state index in [1.807, 2.05) is 0 Å². The third-order valence-electron chi connectivity index (χ3n) is 5.50. The Morgan fingerprint density at radius 1 is 1.09 bits per heavy atom. The number of benzene rings is 2. The lowest BCUT2D eigenvalue weighted by atomic mass is 9.98. The van der Waals surface area contributed by atoms with Gasteiger partial charge in [0.15, 0.2) is 0 Å². The van der Waals surface area contributed by atoms with Crippen molar-refractivity contribution < 1.29 is 22.9 Å². The number of carbonyl (C=O) groups excluding carboxylic acids is 1. The Labute approximate surface area is 193 Å². The van der Waals surface area contributed by atoms with Gasteiger partial charge < -0.3 is 10.1 Å². The summed E-state index contributed by atoms with van der Waals surface area (Å²) < 4.78 is 33.2. The Kier molecular flexibility index (Phi) is 8.79. The third kappa shape index (κ3) is 7.00. The number of amides is 1. The largest absolute Gasteiger partial charge is 0.378 e. The molecule has 0 heterocycles. The fourth-order valence-electron chi connectivity index (χ4n) is 3.76. The quantitative estimate of drug-likeness (QED) is 0.301. The van der Waals surface area contributed by atoms with Gasteiger partial charge in [-0.2, -0.15) is 0 Å². The van der Waals surface area contributed by atoms with Gasteiger partial charge >= 0.3 is 0 Å². The topological polar surface area (TPSA) is 119 Å². The fraction of sp³-hybridized carbons (Fsp3) is 0.435. The lowest BCUT2D eigenvalue weighted by Crippen LogP contribution is -2.41. The van der Waals surface area contributed by atoms with Crippen LogP contribution in [0.15, 0.2) is 59.5 Å². The number of sulfonamides is 1. The molecule has 9 nitrogen and oxygen atoms in total. The van der Waals surface area contributed by atoms with Crippen LogP contribution < -0.4 is 9.62 Å². The van der Waals surface area contributed by atoms with E-state index < -0.39 is 27.4 Å². The van der Waals surface area contributed by atoms with Gasteiger partial charge in [-0.3, -0.25) is 19.2 Å². The lowest BCUT2D eigenvalue weighted by Gasteiger charge is -2.24. The molecule has 0 unspecified atom stereocenters. The Balaban J connectivity index is 1.66.